The molecule has 0 radical (unpaired) electrons. The van der Waals surface area contributed by atoms with Gasteiger partial charge in [-0.2, -0.15) is 0 Å². The lowest BCUT2D eigenvalue weighted by Crippen LogP contribution is -2.14. The lowest BCUT2D eigenvalue weighted by atomic mass is 10.2. The third-order valence-corrected chi connectivity index (χ3v) is 3.44. The first-order chi connectivity index (χ1) is 9.51. The molecule has 0 heterocycles. The summed E-state index contributed by atoms with van der Waals surface area (Å²) in [5.74, 6) is 0.932. The number of hydrogen-bond acceptors (Lipinski definition) is 3. The molecule has 0 aliphatic carbocycles. The zero-order valence-corrected chi connectivity index (χ0v) is 12.9. The largest absolute Gasteiger partial charge is 0.455 e. The number of benzene rings is 2. The van der Waals surface area contributed by atoms with Gasteiger partial charge in [-0.1, -0.05) is 38.8 Å². The summed E-state index contributed by atoms with van der Waals surface area (Å²) in [6.07, 6.45) is 0. The minimum atomic E-state index is -0.0370. The van der Waals surface area contributed by atoms with Crippen LogP contribution in [0.1, 0.15) is 11.1 Å². The predicted octanol–water partition coefficient (Wildman–Crippen LogP) is 4.30. The molecule has 0 aliphatic rings. The molecule has 0 bridgehead atoms. The molecule has 0 aromatic heterocycles. The molecular weight excluding hydrogens is 344 g/mol. The van der Waals surface area contributed by atoms with Crippen molar-refractivity contribution >= 4 is 33.4 Å². The summed E-state index contributed by atoms with van der Waals surface area (Å²) in [5.41, 5.74) is 7.14. The standard InChI is InChI=1S/C14H12BrClN2O2/c1-8-2-4-11(16)13(6-8)20-12-5-3-9(15)7-10(12)14(17)18-19/h2-7,19H,1H3,(H2,17,18). The van der Waals surface area contributed by atoms with E-state index in [1.165, 1.54) is 0 Å². The van der Waals surface area contributed by atoms with Crippen molar-refractivity contribution < 1.29 is 9.94 Å². The van der Waals surface area contributed by atoms with E-state index in [4.69, 9.17) is 27.3 Å². The highest BCUT2D eigenvalue weighted by Crippen LogP contribution is 2.33. The second-order valence-corrected chi connectivity index (χ2v) is 5.48. The van der Waals surface area contributed by atoms with E-state index in [2.05, 4.69) is 21.1 Å². The zero-order valence-electron chi connectivity index (χ0n) is 10.6. The van der Waals surface area contributed by atoms with Crippen LogP contribution in [0.3, 0.4) is 0 Å². The van der Waals surface area contributed by atoms with Crippen molar-refractivity contribution in [1.82, 2.24) is 0 Å². The highest BCUT2D eigenvalue weighted by Gasteiger charge is 2.12. The number of halogens is 2. The van der Waals surface area contributed by atoms with Crippen molar-refractivity contribution in [3.05, 3.63) is 57.0 Å². The highest BCUT2D eigenvalue weighted by atomic mass is 79.9. The molecule has 0 amide bonds. The minimum Gasteiger partial charge on any atom is -0.455 e. The first kappa shape index (κ1) is 14.7. The van der Waals surface area contributed by atoms with E-state index in [0.717, 1.165) is 10.0 Å². The van der Waals surface area contributed by atoms with Crippen molar-refractivity contribution in [3.63, 3.8) is 0 Å². The van der Waals surface area contributed by atoms with Crippen LogP contribution in [0.5, 0.6) is 11.5 Å². The molecule has 6 heteroatoms. The number of aryl methyl sites for hydroxylation is 1. The zero-order chi connectivity index (χ0) is 14.7. The van der Waals surface area contributed by atoms with Crippen LogP contribution in [0.4, 0.5) is 0 Å². The molecule has 0 unspecified atom stereocenters. The Kier molecular flexibility index (Phi) is 4.52. The SMILES string of the molecule is Cc1ccc(Cl)c(Oc2ccc(Br)cc2/C(N)=N/O)c1. The molecule has 0 aliphatic heterocycles. The highest BCUT2D eigenvalue weighted by molar-refractivity contribution is 9.10. The quantitative estimate of drug-likeness (QED) is 0.373. The first-order valence-electron chi connectivity index (χ1n) is 5.72. The molecule has 0 spiro atoms. The van der Waals surface area contributed by atoms with E-state index in [1.54, 1.807) is 24.3 Å². The van der Waals surface area contributed by atoms with Crippen LogP contribution in [0.15, 0.2) is 46.0 Å². The fourth-order valence-corrected chi connectivity index (χ4v) is 2.17. The van der Waals surface area contributed by atoms with E-state index in [1.807, 2.05) is 19.1 Å². The van der Waals surface area contributed by atoms with Gasteiger partial charge >= 0.3 is 0 Å². The summed E-state index contributed by atoms with van der Waals surface area (Å²) in [5, 5.41) is 12.3. The Hall–Kier alpha value is -1.72. The number of ether oxygens (including phenoxy) is 1. The topological polar surface area (TPSA) is 67.8 Å². The lowest BCUT2D eigenvalue weighted by molar-refractivity contribution is 0.318. The maximum atomic E-state index is 8.83. The van der Waals surface area contributed by atoms with Crippen LogP contribution in [0.25, 0.3) is 0 Å². The molecule has 0 saturated heterocycles. The molecule has 0 fully saturated rings. The second-order valence-electron chi connectivity index (χ2n) is 4.16. The number of hydrogen-bond donors (Lipinski definition) is 2. The van der Waals surface area contributed by atoms with Gasteiger partial charge < -0.3 is 15.7 Å². The molecule has 20 heavy (non-hydrogen) atoms. The Balaban J connectivity index is 2.46. The smallest absolute Gasteiger partial charge is 0.173 e. The molecule has 2 aromatic rings. The van der Waals surface area contributed by atoms with E-state index in [-0.39, 0.29) is 5.84 Å². The molecule has 0 saturated carbocycles. The van der Waals surface area contributed by atoms with Crippen molar-refractivity contribution in [2.45, 2.75) is 6.92 Å². The van der Waals surface area contributed by atoms with Gasteiger partial charge in [0.1, 0.15) is 11.5 Å². The first-order valence-corrected chi connectivity index (χ1v) is 6.90. The van der Waals surface area contributed by atoms with Crippen LogP contribution < -0.4 is 10.5 Å². The maximum absolute atomic E-state index is 8.83. The molecule has 3 N–H and O–H groups in total. The Labute approximate surface area is 129 Å². The maximum Gasteiger partial charge on any atom is 0.173 e. The number of rotatable bonds is 3. The fourth-order valence-electron chi connectivity index (χ4n) is 1.65. The third-order valence-electron chi connectivity index (χ3n) is 2.63. The molecule has 4 nitrogen and oxygen atoms in total. The van der Waals surface area contributed by atoms with Crippen LogP contribution in [-0.2, 0) is 0 Å². The van der Waals surface area contributed by atoms with Gasteiger partial charge in [-0.05, 0) is 42.8 Å². The Bertz CT molecular complexity index is 674. The van der Waals surface area contributed by atoms with Gasteiger partial charge in [0, 0.05) is 4.47 Å². The van der Waals surface area contributed by atoms with E-state index < -0.39 is 0 Å². The van der Waals surface area contributed by atoms with Gasteiger partial charge in [-0.25, -0.2) is 0 Å². The third kappa shape index (κ3) is 3.23. The fraction of sp³-hybridized carbons (Fsp3) is 0.0714. The summed E-state index contributed by atoms with van der Waals surface area (Å²) >= 11 is 9.43. The number of nitrogens with two attached hydrogens (primary N) is 1. The number of amidine groups is 1. The van der Waals surface area contributed by atoms with Crippen molar-refractivity contribution in [2.24, 2.45) is 10.9 Å². The monoisotopic (exact) mass is 354 g/mol. The summed E-state index contributed by atoms with van der Waals surface area (Å²) in [7, 11) is 0. The van der Waals surface area contributed by atoms with E-state index >= 15 is 0 Å². The summed E-state index contributed by atoms with van der Waals surface area (Å²) in [4.78, 5) is 0. The average molecular weight is 356 g/mol. The van der Waals surface area contributed by atoms with Crippen LogP contribution in [0, 0.1) is 6.92 Å². The second kappa shape index (κ2) is 6.15. The molecule has 104 valence electrons. The minimum absolute atomic E-state index is 0.0370. The van der Waals surface area contributed by atoms with Gasteiger partial charge in [0.15, 0.2) is 5.84 Å². The van der Waals surface area contributed by atoms with E-state index in [9.17, 15) is 0 Å². The van der Waals surface area contributed by atoms with Crippen LogP contribution in [0.2, 0.25) is 5.02 Å². The summed E-state index contributed by atoms with van der Waals surface area (Å²) < 4.78 is 6.57. The van der Waals surface area contributed by atoms with Crippen molar-refractivity contribution in [1.29, 1.82) is 0 Å². The van der Waals surface area contributed by atoms with Crippen molar-refractivity contribution in [3.8, 4) is 11.5 Å². The van der Waals surface area contributed by atoms with E-state index in [0.29, 0.717) is 22.1 Å². The number of oxime groups is 1. The van der Waals surface area contributed by atoms with Gasteiger partial charge in [0.05, 0.1) is 10.6 Å². The Morgan fingerprint density at radius 3 is 2.70 bits per heavy atom. The van der Waals surface area contributed by atoms with Gasteiger partial charge in [0.2, 0.25) is 0 Å². The normalized spacial score (nSPS) is 11.4. The van der Waals surface area contributed by atoms with Gasteiger partial charge in [0.25, 0.3) is 0 Å². The number of nitrogens with zero attached hydrogens (tertiary/aromatic N) is 1. The van der Waals surface area contributed by atoms with Crippen LogP contribution in [-0.4, -0.2) is 11.0 Å². The predicted molar refractivity (Wildman–Crippen MR) is 82.9 cm³/mol. The van der Waals surface area contributed by atoms with Gasteiger partial charge in [-0.15, -0.1) is 0 Å². The van der Waals surface area contributed by atoms with Crippen molar-refractivity contribution in [2.75, 3.05) is 0 Å². The molecule has 2 rings (SSSR count). The Morgan fingerprint density at radius 2 is 2.00 bits per heavy atom. The molecule has 0 atom stereocenters. The molecule has 2 aromatic carbocycles. The summed E-state index contributed by atoms with van der Waals surface area (Å²) in [6, 6.07) is 10.7. The Morgan fingerprint density at radius 1 is 1.25 bits per heavy atom. The molecular formula is C14H12BrClN2O2. The average Bonchev–Trinajstić information content (AvgIpc) is 2.43. The van der Waals surface area contributed by atoms with Gasteiger partial charge in [-0.3, -0.25) is 0 Å². The van der Waals surface area contributed by atoms with Crippen LogP contribution >= 0.6 is 27.5 Å². The lowest BCUT2D eigenvalue weighted by Gasteiger charge is -2.12. The summed E-state index contributed by atoms with van der Waals surface area (Å²) in [6.45, 7) is 1.94.